The molecule has 31 heavy (non-hydrogen) atoms. The van der Waals surface area contributed by atoms with E-state index in [2.05, 4.69) is 15.3 Å². The molecule has 162 valence electrons. The monoisotopic (exact) mass is 458 g/mol. The third-order valence-corrected chi connectivity index (χ3v) is 7.15. The highest BCUT2D eigenvalue weighted by Gasteiger charge is 2.28. The zero-order valence-corrected chi connectivity index (χ0v) is 18.8. The minimum Gasteiger partial charge on any atom is -0.462 e. The van der Waals surface area contributed by atoms with Crippen LogP contribution in [0.1, 0.15) is 47.5 Å². The summed E-state index contributed by atoms with van der Waals surface area (Å²) in [6, 6.07) is 5.21. The van der Waals surface area contributed by atoms with E-state index >= 15 is 0 Å². The first kappa shape index (κ1) is 21.5. The second kappa shape index (κ2) is 9.19. The Hall–Kier alpha value is -2.72. The molecule has 3 aromatic rings. The maximum atomic E-state index is 12.9. The largest absolute Gasteiger partial charge is 0.462 e. The van der Waals surface area contributed by atoms with Crippen LogP contribution >= 0.6 is 23.1 Å². The highest BCUT2D eigenvalue weighted by molar-refractivity contribution is 8.00. The summed E-state index contributed by atoms with van der Waals surface area (Å²) < 4.78 is 6.58. The molecule has 8 nitrogen and oxygen atoms in total. The molecule has 0 radical (unpaired) electrons. The van der Waals surface area contributed by atoms with Crippen molar-refractivity contribution >= 4 is 45.6 Å². The first-order valence-electron chi connectivity index (χ1n) is 10.1. The second-order valence-corrected chi connectivity index (χ2v) is 9.52. The Morgan fingerprint density at radius 2 is 2.10 bits per heavy atom. The van der Waals surface area contributed by atoms with E-state index < -0.39 is 16.9 Å². The molecule has 3 heterocycles. The number of pyridine rings is 1. The van der Waals surface area contributed by atoms with Crippen molar-refractivity contribution in [3.8, 4) is 0 Å². The number of ether oxygens (including phenoxy) is 1. The Morgan fingerprint density at radius 3 is 2.90 bits per heavy atom. The van der Waals surface area contributed by atoms with Gasteiger partial charge in [0.15, 0.2) is 5.16 Å². The van der Waals surface area contributed by atoms with Crippen molar-refractivity contribution in [2.24, 2.45) is 0 Å². The van der Waals surface area contributed by atoms with Crippen molar-refractivity contribution in [1.29, 1.82) is 0 Å². The number of nitrogens with zero attached hydrogens (tertiary/aromatic N) is 3. The van der Waals surface area contributed by atoms with Gasteiger partial charge in [0.2, 0.25) is 5.91 Å². The molecule has 1 aliphatic rings. The molecule has 3 aromatic heterocycles. The number of aromatic nitrogens is 3. The fourth-order valence-corrected chi connectivity index (χ4v) is 5.54. The van der Waals surface area contributed by atoms with Gasteiger partial charge in [-0.3, -0.25) is 9.20 Å². The van der Waals surface area contributed by atoms with E-state index in [1.54, 1.807) is 38.2 Å². The quantitative estimate of drug-likeness (QED) is 0.446. The van der Waals surface area contributed by atoms with Crippen LogP contribution in [0.3, 0.4) is 0 Å². The number of fused-ring (bicyclic) bond motifs is 2. The summed E-state index contributed by atoms with van der Waals surface area (Å²) in [5, 5.41) is 3.09. The Bertz CT molecular complexity index is 1200. The van der Waals surface area contributed by atoms with Gasteiger partial charge in [-0.2, -0.15) is 4.98 Å². The first-order chi connectivity index (χ1) is 15.0. The number of aryl methyl sites for hydroxylation is 1. The molecule has 1 amide bonds. The summed E-state index contributed by atoms with van der Waals surface area (Å²) in [4.78, 5) is 47.1. The predicted molar refractivity (Wildman–Crippen MR) is 120 cm³/mol. The van der Waals surface area contributed by atoms with E-state index in [0.717, 1.165) is 47.9 Å². The van der Waals surface area contributed by atoms with Crippen LogP contribution in [0.5, 0.6) is 0 Å². The number of hydrogen-bond acceptors (Lipinski definition) is 8. The molecule has 1 unspecified atom stereocenters. The zero-order valence-electron chi connectivity index (χ0n) is 17.2. The number of anilines is 1. The molecular formula is C21H22N4O4S2. The van der Waals surface area contributed by atoms with E-state index in [4.69, 9.17) is 4.74 Å². The highest BCUT2D eigenvalue weighted by Crippen LogP contribution is 2.39. The Balaban J connectivity index is 1.55. The number of carbonyl (C=O) groups is 2. The number of thiophene rings is 1. The number of thioether (sulfide) groups is 1. The maximum Gasteiger partial charge on any atom is 0.355 e. The Morgan fingerprint density at radius 1 is 1.29 bits per heavy atom. The lowest BCUT2D eigenvalue weighted by molar-refractivity contribution is -0.115. The molecule has 0 saturated heterocycles. The lowest BCUT2D eigenvalue weighted by Crippen LogP contribution is -2.25. The summed E-state index contributed by atoms with van der Waals surface area (Å²) >= 11 is 2.55. The van der Waals surface area contributed by atoms with Crippen LogP contribution in [0, 0.1) is 0 Å². The fourth-order valence-electron chi connectivity index (χ4n) is 3.50. The van der Waals surface area contributed by atoms with E-state index in [1.165, 1.54) is 15.7 Å². The van der Waals surface area contributed by atoms with Crippen LogP contribution < -0.4 is 11.0 Å². The number of hydrogen-bond donors (Lipinski definition) is 1. The van der Waals surface area contributed by atoms with Crippen molar-refractivity contribution in [1.82, 2.24) is 14.4 Å². The van der Waals surface area contributed by atoms with Crippen molar-refractivity contribution in [2.45, 2.75) is 49.9 Å². The second-order valence-electron chi connectivity index (χ2n) is 7.10. The molecule has 10 heteroatoms. The summed E-state index contributed by atoms with van der Waals surface area (Å²) in [5.41, 5.74) is 1.49. The molecule has 0 aliphatic heterocycles. The van der Waals surface area contributed by atoms with Gasteiger partial charge in [0.1, 0.15) is 10.6 Å². The summed E-state index contributed by atoms with van der Waals surface area (Å²) in [5.74, 6) is -0.686. The van der Waals surface area contributed by atoms with Crippen LogP contribution in [0.25, 0.3) is 5.65 Å². The highest BCUT2D eigenvalue weighted by atomic mass is 32.2. The van der Waals surface area contributed by atoms with Gasteiger partial charge in [-0.05, 0) is 57.2 Å². The van der Waals surface area contributed by atoms with Gasteiger partial charge in [0.25, 0.3) is 0 Å². The van der Waals surface area contributed by atoms with Crippen molar-refractivity contribution in [2.75, 3.05) is 11.9 Å². The van der Waals surface area contributed by atoms with Crippen LogP contribution in [-0.4, -0.2) is 38.1 Å². The predicted octanol–water partition coefficient (Wildman–Crippen LogP) is 3.33. The Kier molecular flexibility index (Phi) is 6.38. The van der Waals surface area contributed by atoms with Crippen molar-refractivity contribution in [3.63, 3.8) is 0 Å². The summed E-state index contributed by atoms with van der Waals surface area (Å²) in [6.45, 7) is 3.76. The topological polar surface area (TPSA) is 103 Å². The molecular weight excluding hydrogens is 436 g/mol. The summed E-state index contributed by atoms with van der Waals surface area (Å²) in [6.07, 6.45) is 5.41. The molecule has 0 saturated carbocycles. The SMILES string of the molecule is CCOC(=O)c1c(NC(=O)C(C)Sc2nc(=O)n3ccccc3n2)sc2c1CCCC2. The number of nitrogens with one attached hydrogen (secondary N) is 1. The Labute approximate surface area is 187 Å². The first-order valence-corrected chi connectivity index (χ1v) is 11.8. The average molecular weight is 459 g/mol. The van der Waals surface area contributed by atoms with Crippen molar-refractivity contribution < 1.29 is 14.3 Å². The van der Waals surface area contributed by atoms with Gasteiger partial charge in [-0.25, -0.2) is 14.6 Å². The van der Waals surface area contributed by atoms with Crippen LogP contribution in [0.2, 0.25) is 0 Å². The van der Waals surface area contributed by atoms with Gasteiger partial charge in [0.05, 0.1) is 17.4 Å². The smallest absolute Gasteiger partial charge is 0.355 e. The summed E-state index contributed by atoms with van der Waals surface area (Å²) in [7, 11) is 0. The molecule has 1 N–H and O–H groups in total. The van der Waals surface area contributed by atoms with Crippen LogP contribution in [-0.2, 0) is 22.4 Å². The van der Waals surface area contributed by atoms with E-state index in [1.807, 2.05) is 0 Å². The lowest BCUT2D eigenvalue weighted by atomic mass is 9.95. The zero-order chi connectivity index (χ0) is 22.0. The van der Waals surface area contributed by atoms with E-state index in [9.17, 15) is 14.4 Å². The van der Waals surface area contributed by atoms with Crippen molar-refractivity contribution in [3.05, 3.63) is 50.9 Å². The standard InChI is InChI=1S/C21H22N4O4S2/c1-3-29-19(27)16-13-8-4-5-9-14(13)31-18(16)23-17(26)12(2)30-20-22-15-10-6-7-11-25(15)21(28)24-20/h6-7,10-12H,3-5,8-9H2,1-2H3,(H,23,26). The molecule has 0 aromatic carbocycles. The van der Waals surface area contributed by atoms with E-state index in [0.29, 0.717) is 16.2 Å². The number of rotatable bonds is 6. The molecule has 1 aliphatic carbocycles. The number of amides is 1. The van der Waals surface area contributed by atoms with Crippen LogP contribution in [0.15, 0.2) is 34.3 Å². The molecule has 1 atom stereocenters. The number of esters is 1. The van der Waals surface area contributed by atoms with E-state index in [-0.39, 0.29) is 17.7 Å². The maximum absolute atomic E-state index is 12.9. The fraction of sp³-hybridized carbons (Fsp3) is 0.381. The normalized spacial score (nSPS) is 14.1. The number of carbonyl (C=O) groups excluding carboxylic acids is 2. The minimum atomic E-state index is -0.570. The third-order valence-electron chi connectivity index (χ3n) is 4.98. The lowest BCUT2D eigenvalue weighted by Gasteiger charge is -2.13. The van der Waals surface area contributed by atoms with Gasteiger partial charge in [-0.1, -0.05) is 17.8 Å². The molecule has 0 bridgehead atoms. The van der Waals surface area contributed by atoms with Gasteiger partial charge >= 0.3 is 11.7 Å². The minimum absolute atomic E-state index is 0.231. The molecule has 0 spiro atoms. The van der Waals surface area contributed by atoms with Gasteiger partial charge < -0.3 is 10.1 Å². The average Bonchev–Trinajstić information content (AvgIpc) is 3.11. The molecule has 4 rings (SSSR count). The van der Waals surface area contributed by atoms with Gasteiger partial charge in [-0.15, -0.1) is 11.3 Å². The van der Waals surface area contributed by atoms with Gasteiger partial charge in [0, 0.05) is 11.1 Å². The van der Waals surface area contributed by atoms with Crippen LogP contribution in [0.4, 0.5) is 5.00 Å². The third kappa shape index (κ3) is 4.49. The molecule has 0 fully saturated rings.